The van der Waals surface area contributed by atoms with Gasteiger partial charge >= 0.3 is 6.09 Å². The Hall–Kier alpha value is -1.51. The average molecular weight is 277 g/mol. The molecule has 3 nitrogen and oxygen atoms in total. The number of hydrogen-bond donors (Lipinski definition) is 1. The van der Waals surface area contributed by atoms with Crippen LogP contribution in [0.3, 0.4) is 0 Å². The average Bonchev–Trinajstić information content (AvgIpc) is 2.35. The van der Waals surface area contributed by atoms with E-state index < -0.39 is 0 Å². The third-order valence-corrected chi connectivity index (χ3v) is 3.26. The summed E-state index contributed by atoms with van der Waals surface area (Å²) in [6.07, 6.45) is 0.610. The molecule has 1 N–H and O–H groups in total. The van der Waals surface area contributed by atoms with Gasteiger partial charge in [-0.3, -0.25) is 0 Å². The Labute approximate surface area is 122 Å². The maximum atomic E-state index is 11.9. The number of hydrogen-bond acceptors (Lipinski definition) is 2. The number of amides is 1. The van der Waals surface area contributed by atoms with Crippen LogP contribution in [0.1, 0.15) is 46.6 Å². The molecule has 0 aliphatic rings. The van der Waals surface area contributed by atoms with E-state index in [0.717, 1.165) is 12.0 Å². The molecule has 0 aliphatic heterocycles. The quantitative estimate of drug-likeness (QED) is 0.867. The van der Waals surface area contributed by atoms with E-state index in [1.165, 1.54) is 0 Å². The Balaban J connectivity index is 2.50. The van der Waals surface area contributed by atoms with E-state index in [1.54, 1.807) is 0 Å². The van der Waals surface area contributed by atoms with Gasteiger partial charge in [-0.1, -0.05) is 65.0 Å². The van der Waals surface area contributed by atoms with Crippen LogP contribution in [-0.2, 0) is 11.3 Å². The van der Waals surface area contributed by atoms with E-state index in [4.69, 9.17) is 4.74 Å². The Morgan fingerprint density at radius 2 is 1.80 bits per heavy atom. The molecule has 0 fully saturated rings. The fourth-order valence-corrected chi connectivity index (χ4v) is 2.01. The van der Waals surface area contributed by atoms with Crippen molar-refractivity contribution >= 4 is 6.09 Å². The van der Waals surface area contributed by atoms with Crippen LogP contribution in [0.25, 0.3) is 0 Å². The van der Waals surface area contributed by atoms with E-state index >= 15 is 0 Å². The van der Waals surface area contributed by atoms with Crippen molar-refractivity contribution in [3.63, 3.8) is 0 Å². The van der Waals surface area contributed by atoms with Gasteiger partial charge in [0.1, 0.15) is 6.61 Å². The summed E-state index contributed by atoms with van der Waals surface area (Å²) in [6, 6.07) is 9.83. The number of carbonyl (C=O) groups is 1. The second kappa shape index (κ2) is 7.32. The Kier molecular flexibility index (Phi) is 6.05. The van der Waals surface area contributed by atoms with Crippen molar-refractivity contribution in [2.24, 2.45) is 11.3 Å². The molecule has 0 heterocycles. The zero-order chi connectivity index (χ0) is 15.2. The van der Waals surface area contributed by atoms with Gasteiger partial charge in [0, 0.05) is 6.04 Å². The summed E-state index contributed by atoms with van der Waals surface area (Å²) < 4.78 is 5.29. The van der Waals surface area contributed by atoms with Crippen LogP contribution in [-0.4, -0.2) is 12.1 Å². The maximum absolute atomic E-state index is 11.9. The molecule has 0 bridgehead atoms. The largest absolute Gasteiger partial charge is 0.445 e. The highest BCUT2D eigenvalue weighted by Crippen LogP contribution is 2.24. The van der Waals surface area contributed by atoms with Crippen molar-refractivity contribution in [3.05, 3.63) is 35.9 Å². The molecule has 20 heavy (non-hydrogen) atoms. The molecule has 112 valence electrons. The smallest absolute Gasteiger partial charge is 0.407 e. The lowest BCUT2D eigenvalue weighted by molar-refractivity contribution is 0.122. The summed E-state index contributed by atoms with van der Waals surface area (Å²) in [5, 5.41) is 3.00. The molecule has 0 aliphatic carbocycles. The molecule has 1 unspecified atom stereocenters. The van der Waals surface area contributed by atoms with Gasteiger partial charge in [0.05, 0.1) is 0 Å². The van der Waals surface area contributed by atoms with E-state index in [-0.39, 0.29) is 17.6 Å². The lowest BCUT2D eigenvalue weighted by Gasteiger charge is -2.32. The summed E-state index contributed by atoms with van der Waals surface area (Å²) in [7, 11) is 0. The van der Waals surface area contributed by atoms with Gasteiger partial charge in [0.2, 0.25) is 0 Å². The van der Waals surface area contributed by atoms with Gasteiger partial charge < -0.3 is 10.1 Å². The maximum Gasteiger partial charge on any atom is 0.407 e. The topological polar surface area (TPSA) is 38.3 Å². The Bertz CT molecular complexity index is 407. The van der Waals surface area contributed by atoms with Crippen LogP contribution in [0, 0.1) is 11.3 Å². The minimum Gasteiger partial charge on any atom is -0.445 e. The van der Waals surface area contributed by atoms with Gasteiger partial charge in [-0.2, -0.15) is 0 Å². The predicted octanol–water partition coefficient (Wildman–Crippen LogP) is 4.37. The molecule has 0 saturated carbocycles. The molecule has 1 amide bonds. The Morgan fingerprint density at radius 1 is 1.20 bits per heavy atom. The summed E-state index contributed by atoms with van der Waals surface area (Å²) in [5.74, 6) is 0.536. The molecule has 3 heteroatoms. The molecule has 1 rings (SSSR count). The lowest BCUT2D eigenvalue weighted by atomic mass is 9.82. The van der Waals surface area contributed by atoms with Gasteiger partial charge in [0.25, 0.3) is 0 Å². The Morgan fingerprint density at radius 3 is 2.30 bits per heavy atom. The van der Waals surface area contributed by atoms with Crippen LogP contribution in [0.4, 0.5) is 4.79 Å². The first-order valence-electron chi connectivity index (χ1n) is 7.26. The van der Waals surface area contributed by atoms with Gasteiger partial charge in [-0.15, -0.1) is 0 Å². The first-order chi connectivity index (χ1) is 9.29. The minimum absolute atomic E-state index is 0.0238. The standard InChI is InChI=1S/C17H27NO2/c1-13(2)11-15(17(3,4)5)18-16(19)20-12-14-9-7-6-8-10-14/h6-10,13,15H,11-12H2,1-5H3,(H,18,19). The molecule has 0 saturated heterocycles. The van der Waals surface area contributed by atoms with Gasteiger partial charge in [-0.05, 0) is 23.3 Å². The highest BCUT2D eigenvalue weighted by molar-refractivity contribution is 5.67. The molecule has 0 aromatic heterocycles. The molecule has 1 aromatic carbocycles. The van der Waals surface area contributed by atoms with E-state index in [0.29, 0.717) is 12.5 Å². The number of ether oxygens (including phenoxy) is 1. The van der Waals surface area contributed by atoms with Crippen molar-refractivity contribution in [2.75, 3.05) is 0 Å². The number of nitrogens with one attached hydrogen (secondary N) is 1. The van der Waals surface area contributed by atoms with Gasteiger partial charge in [-0.25, -0.2) is 4.79 Å². The SMILES string of the molecule is CC(C)CC(NC(=O)OCc1ccccc1)C(C)(C)C. The molecule has 1 atom stereocenters. The fourth-order valence-electron chi connectivity index (χ4n) is 2.01. The van der Waals surface area contributed by atoms with Crippen LogP contribution in [0.2, 0.25) is 0 Å². The van der Waals surface area contributed by atoms with Crippen LogP contribution in [0.5, 0.6) is 0 Å². The number of rotatable bonds is 5. The number of carbonyl (C=O) groups excluding carboxylic acids is 1. The molecular formula is C17H27NO2. The summed E-state index contributed by atoms with van der Waals surface area (Å²) in [5.41, 5.74) is 1.02. The number of alkyl carbamates (subject to hydrolysis) is 1. The monoisotopic (exact) mass is 277 g/mol. The highest BCUT2D eigenvalue weighted by atomic mass is 16.5. The van der Waals surface area contributed by atoms with E-state index in [9.17, 15) is 4.79 Å². The first kappa shape index (κ1) is 16.5. The predicted molar refractivity (Wildman–Crippen MR) is 82.5 cm³/mol. The normalized spacial score (nSPS) is 13.1. The van der Waals surface area contributed by atoms with E-state index in [2.05, 4.69) is 39.9 Å². The van der Waals surface area contributed by atoms with E-state index in [1.807, 2.05) is 30.3 Å². The second-order valence-corrected chi connectivity index (χ2v) is 6.75. The van der Waals surface area contributed by atoms with Crippen molar-refractivity contribution in [1.29, 1.82) is 0 Å². The third-order valence-electron chi connectivity index (χ3n) is 3.26. The third kappa shape index (κ3) is 6.09. The molecule has 1 aromatic rings. The molecule has 0 radical (unpaired) electrons. The summed E-state index contributed by atoms with van der Waals surface area (Å²) >= 11 is 0. The van der Waals surface area contributed by atoms with Crippen molar-refractivity contribution in [3.8, 4) is 0 Å². The van der Waals surface area contributed by atoms with Crippen molar-refractivity contribution < 1.29 is 9.53 Å². The molecular weight excluding hydrogens is 250 g/mol. The molecule has 0 spiro atoms. The van der Waals surface area contributed by atoms with Crippen LogP contribution < -0.4 is 5.32 Å². The first-order valence-corrected chi connectivity index (χ1v) is 7.26. The number of benzene rings is 1. The summed E-state index contributed by atoms with van der Waals surface area (Å²) in [4.78, 5) is 11.9. The van der Waals surface area contributed by atoms with Crippen LogP contribution in [0.15, 0.2) is 30.3 Å². The fraction of sp³-hybridized carbons (Fsp3) is 0.588. The van der Waals surface area contributed by atoms with Crippen molar-refractivity contribution in [2.45, 2.75) is 53.7 Å². The minimum atomic E-state index is -0.338. The highest BCUT2D eigenvalue weighted by Gasteiger charge is 2.27. The summed E-state index contributed by atoms with van der Waals surface area (Å²) in [6.45, 7) is 11.0. The zero-order valence-corrected chi connectivity index (χ0v) is 13.3. The van der Waals surface area contributed by atoms with Gasteiger partial charge in [0.15, 0.2) is 0 Å². The van der Waals surface area contributed by atoms with Crippen LogP contribution >= 0.6 is 0 Å². The second-order valence-electron chi connectivity index (χ2n) is 6.75. The zero-order valence-electron chi connectivity index (χ0n) is 13.3. The lowest BCUT2D eigenvalue weighted by Crippen LogP contribution is -2.44. The van der Waals surface area contributed by atoms with Crippen molar-refractivity contribution in [1.82, 2.24) is 5.32 Å².